The summed E-state index contributed by atoms with van der Waals surface area (Å²) in [6.07, 6.45) is 2.46. The zero-order chi connectivity index (χ0) is 26.6. The van der Waals surface area contributed by atoms with Gasteiger partial charge in [-0.25, -0.2) is 4.79 Å². The van der Waals surface area contributed by atoms with Gasteiger partial charge in [0.25, 0.3) is 0 Å². The summed E-state index contributed by atoms with van der Waals surface area (Å²) in [5.74, 6) is -2.22. The third-order valence-corrected chi connectivity index (χ3v) is 5.77. The molecule has 0 saturated heterocycles. The molecule has 2 aromatic carbocycles. The van der Waals surface area contributed by atoms with E-state index in [1.54, 1.807) is 6.20 Å². The van der Waals surface area contributed by atoms with Crippen LogP contribution in [0.15, 0.2) is 65.8 Å². The van der Waals surface area contributed by atoms with Gasteiger partial charge in [0.2, 0.25) is 11.8 Å². The van der Waals surface area contributed by atoms with Crippen LogP contribution >= 0.6 is 0 Å². The zero-order valence-electron chi connectivity index (χ0n) is 20.4. The van der Waals surface area contributed by atoms with Gasteiger partial charge in [0.15, 0.2) is 5.96 Å². The van der Waals surface area contributed by atoms with E-state index in [1.165, 1.54) is 0 Å². The molecule has 196 valence electrons. The molecule has 0 aliphatic heterocycles. The normalized spacial score (nSPS) is 12.4. The maximum Gasteiger partial charge on any atom is 0.326 e. The molecule has 1 aromatic heterocycles. The molecular formula is C26H33N7O4. The minimum atomic E-state index is -1.18. The first-order chi connectivity index (χ1) is 17.8. The number of aromatic nitrogens is 1. The molecule has 1 heterocycles. The van der Waals surface area contributed by atoms with Crippen LogP contribution < -0.4 is 27.4 Å². The van der Waals surface area contributed by atoms with Crippen LogP contribution in [0.3, 0.4) is 0 Å². The van der Waals surface area contributed by atoms with Crippen LogP contribution in [0.4, 0.5) is 0 Å². The van der Waals surface area contributed by atoms with Gasteiger partial charge in [-0.05, 0) is 30.0 Å². The van der Waals surface area contributed by atoms with Gasteiger partial charge in [-0.2, -0.15) is 0 Å². The number of rotatable bonds is 14. The highest BCUT2D eigenvalue weighted by Gasteiger charge is 2.27. The first-order valence-corrected chi connectivity index (χ1v) is 12.0. The Morgan fingerprint density at radius 1 is 0.973 bits per heavy atom. The third-order valence-electron chi connectivity index (χ3n) is 5.77. The number of fused-ring (bicyclic) bond motifs is 1. The van der Waals surface area contributed by atoms with Gasteiger partial charge in [-0.1, -0.05) is 48.5 Å². The number of carbonyl (C=O) groups is 3. The Morgan fingerprint density at radius 2 is 1.70 bits per heavy atom. The largest absolute Gasteiger partial charge is 0.480 e. The predicted molar refractivity (Wildman–Crippen MR) is 142 cm³/mol. The number of aliphatic imine (C=N–C) groups is 1. The lowest BCUT2D eigenvalue weighted by Crippen LogP contribution is -2.53. The van der Waals surface area contributed by atoms with Crippen molar-refractivity contribution in [2.75, 3.05) is 13.1 Å². The number of H-pyrrole nitrogens is 1. The molecule has 0 spiro atoms. The van der Waals surface area contributed by atoms with Crippen LogP contribution in [-0.2, 0) is 27.3 Å². The van der Waals surface area contributed by atoms with E-state index in [-0.39, 0.29) is 37.8 Å². The second kappa shape index (κ2) is 13.6. The number of amides is 2. The number of nitrogens with two attached hydrogens (primary N) is 2. The summed E-state index contributed by atoms with van der Waals surface area (Å²) >= 11 is 0. The van der Waals surface area contributed by atoms with Crippen molar-refractivity contribution < 1.29 is 19.5 Å². The molecule has 3 rings (SSSR count). The molecule has 37 heavy (non-hydrogen) atoms. The van der Waals surface area contributed by atoms with Crippen LogP contribution in [-0.4, -0.2) is 59.0 Å². The van der Waals surface area contributed by atoms with E-state index in [9.17, 15) is 19.5 Å². The number of carbonyl (C=O) groups excluding carboxylic acids is 2. The summed E-state index contributed by atoms with van der Waals surface area (Å²) in [6.45, 7) is 0.748. The van der Waals surface area contributed by atoms with E-state index in [1.807, 2.05) is 54.6 Å². The number of carboxylic acids is 1. The Balaban J connectivity index is 1.63. The second-order valence-corrected chi connectivity index (χ2v) is 8.62. The summed E-state index contributed by atoms with van der Waals surface area (Å²) in [5.41, 5.74) is 13.4. The third kappa shape index (κ3) is 8.65. The van der Waals surface area contributed by atoms with E-state index in [4.69, 9.17) is 11.5 Å². The lowest BCUT2D eigenvalue weighted by Gasteiger charge is -2.21. The summed E-state index contributed by atoms with van der Waals surface area (Å²) in [4.78, 5) is 44.7. The average Bonchev–Trinajstić information content (AvgIpc) is 3.28. The Labute approximate surface area is 214 Å². The summed E-state index contributed by atoms with van der Waals surface area (Å²) < 4.78 is 0. The molecule has 2 atom stereocenters. The van der Waals surface area contributed by atoms with Crippen molar-refractivity contribution in [1.82, 2.24) is 20.9 Å². The van der Waals surface area contributed by atoms with Crippen molar-refractivity contribution in [2.24, 2.45) is 16.5 Å². The molecule has 0 radical (unpaired) electrons. The summed E-state index contributed by atoms with van der Waals surface area (Å²) in [6, 6.07) is 15.0. The van der Waals surface area contributed by atoms with Crippen molar-refractivity contribution in [2.45, 2.75) is 37.9 Å². The first-order valence-electron chi connectivity index (χ1n) is 12.0. The lowest BCUT2D eigenvalue weighted by atomic mass is 10.0. The minimum Gasteiger partial charge on any atom is -0.480 e. The zero-order valence-corrected chi connectivity index (χ0v) is 20.4. The fourth-order valence-corrected chi connectivity index (χ4v) is 3.93. The smallest absolute Gasteiger partial charge is 0.326 e. The molecule has 11 heteroatoms. The first kappa shape index (κ1) is 27.2. The van der Waals surface area contributed by atoms with Crippen LogP contribution in [0, 0.1) is 0 Å². The maximum atomic E-state index is 13.1. The molecule has 2 amide bonds. The van der Waals surface area contributed by atoms with Gasteiger partial charge in [-0.15, -0.1) is 0 Å². The number of aliphatic carboxylic acids is 1. The molecular weight excluding hydrogens is 474 g/mol. The van der Waals surface area contributed by atoms with E-state index in [0.29, 0.717) is 13.0 Å². The van der Waals surface area contributed by atoms with Gasteiger partial charge < -0.3 is 37.5 Å². The van der Waals surface area contributed by atoms with Gasteiger partial charge in [-0.3, -0.25) is 14.6 Å². The van der Waals surface area contributed by atoms with Crippen molar-refractivity contribution in [1.29, 1.82) is 0 Å². The molecule has 0 saturated carbocycles. The molecule has 0 unspecified atom stereocenters. The molecule has 9 N–H and O–H groups in total. The summed E-state index contributed by atoms with van der Waals surface area (Å²) in [7, 11) is 0. The topological polar surface area (TPSA) is 188 Å². The number of aromatic amines is 1. The molecule has 0 fully saturated rings. The molecule has 3 aromatic rings. The van der Waals surface area contributed by atoms with Crippen LogP contribution in [0.2, 0.25) is 0 Å². The molecule has 0 aliphatic carbocycles. The van der Waals surface area contributed by atoms with Gasteiger partial charge >= 0.3 is 5.97 Å². The van der Waals surface area contributed by atoms with Crippen molar-refractivity contribution in [3.8, 4) is 0 Å². The van der Waals surface area contributed by atoms with Crippen molar-refractivity contribution in [3.05, 3.63) is 71.9 Å². The monoisotopic (exact) mass is 507 g/mol. The van der Waals surface area contributed by atoms with E-state index in [2.05, 4.69) is 25.9 Å². The summed E-state index contributed by atoms with van der Waals surface area (Å²) in [5, 5.41) is 19.0. The lowest BCUT2D eigenvalue weighted by molar-refractivity contribution is -0.142. The number of hydrogen-bond acceptors (Lipinski definition) is 5. The van der Waals surface area contributed by atoms with Crippen LogP contribution in [0.5, 0.6) is 0 Å². The van der Waals surface area contributed by atoms with Crippen LogP contribution in [0.25, 0.3) is 10.9 Å². The minimum absolute atomic E-state index is 0.00965. The highest BCUT2D eigenvalue weighted by molar-refractivity contribution is 5.91. The van der Waals surface area contributed by atoms with Gasteiger partial charge in [0, 0.05) is 36.6 Å². The Hall–Kier alpha value is -4.38. The van der Waals surface area contributed by atoms with Crippen LogP contribution in [0.1, 0.15) is 24.0 Å². The number of nitrogens with one attached hydrogen (secondary N) is 4. The van der Waals surface area contributed by atoms with E-state index >= 15 is 0 Å². The highest BCUT2D eigenvalue weighted by atomic mass is 16.4. The van der Waals surface area contributed by atoms with Gasteiger partial charge in [0.1, 0.15) is 12.1 Å². The predicted octanol–water partition coefficient (Wildman–Crippen LogP) is 0.608. The quantitative estimate of drug-likeness (QED) is 0.0945. The SMILES string of the molecule is NC(N)=NCCC[C@H](NC(=O)CNCc1ccccc1)C(=O)N[C@@H](Cc1c[nH]c2ccccc12)C(=O)O. The maximum absolute atomic E-state index is 13.1. The number of guanidine groups is 1. The number of carboxylic acid groups (broad SMARTS) is 1. The fraction of sp³-hybridized carbons (Fsp3) is 0.308. The average molecular weight is 508 g/mol. The Bertz CT molecular complexity index is 1220. The highest BCUT2D eigenvalue weighted by Crippen LogP contribution is 2.19. The number of hydrogen-bond donors (Lipinski definition) is 7. The Morgan fingerprint density at radius 3 is 2.43 bits per heavy atom. The van der Waals surface area contributed by atoms with E-state index < -0.39 is 24.0 Å². The fourth-order valence-electron chi connectivity index (χ4n) is 3.93. The Kier molecular flexibility index (Phi) is 10.0. The number of para-hydroxylation sites is 1. The number of benzene rings is 2. The standard InChI is InChI=1S/C26H33N7O4/c27-26(28)30-12-6-11-21(32-23(34)16-29-14-17-7-2-1-3-8-17)24(35)33-22(25(36)37)13-18-15-31-20-10-5-4-9-19(18)20/h1-5,7-10,15,21-22,29,31H,6,11-14,16H2,(H,32,34)(H,33,35)(H,36,37)(H4,27,28,30)/t21-,22-/m0/s1. The van der Waals surface area contributed by atoms with Crippen molar-refractivity contribution >= 4 is 34.6 Å². The molecule has 11 nitrogen and oxygen atoms in total. The van der Waals surface area contributed by atoms with Crippen molar-refractivity contribution in [3.63, 3.8) is 0 Å². The molecule has 0 aliphatic rings. The van der Waals surface area contributed by atoms with E-state index in [0.717, 1.165) is 22.0 Å². The second-order valence-electron chi connectivity index (χ2n) is 8.62. The molecule has 0 bridgehead atoms. The number of nitrogens with zero attached hydrogens (tertiary/aromatic N) is 1. The van der Waals surface area contributed by atoms with Gasteiger partial charge in [0.05, 0.1) is 6.54 Å².